The van der Waals surface area contributed by atoms with Crippen molar-refractivity contribution < 1.29 is 9.53 Å². The molecule has 0 saturated carbocycles. The highest BCUT2D eigenvalue weighted by atomic mass is 16.5. The van der Waals surface area contributed by atoms with Gasteiger partial charge in [0, 0.05) is 38.5 Å². The molecule has 2 aromatic carbocycles. The van der Waals surface area contributed by atoms with Crippen molar-refractivity contribution in [2.75, 3.05) is 25.1 Å². The number of rotatable bonds is 6. The highest BCUT2D eigenvalue weighted by molar-refractivity contribution is 5.74. The van der Waals surface area contributed by atoms with Gasteiger partial charge in [0.2, 0.25) is 0 Å². The predicted octanol–water partition coefficient (Wildman–Crippen LogP) is 2.91. The molecule has 0 bridgehead atoms. The first-order chi connectivity index (χ1) is 12.3. The van der Waals surface area contributed by atoms with Crippen LogP contribution < -0.4 is 15.5 Å². The number of benzene rings is 2. The molecule has 1 saturated heterocycles. The molecule has 0 aliphatic carbocycles. The van der Waals surface area contributed by atoms with Crippen LogP contribution in [0, 0.1) is 0 Å². The number of methoxy groups -OCH3 is 1. The smallest absolute Gasteiger partial charge is 0.315 e. The van der Waals surface area contributed by atoms with E-state index in [4.69, 9.17) is 4.74 Å². The number of hydrogen-bond donors (Lipinski definition) is 2. The van der Waals surface area contributed by atoms with Gasteiger partial charge in [0.05, 0.1) is 6.61 Å². The van der Waals surface area contributed by atoms with Crippen LogP contribution in [0.25, 0.3) is 0 Å². The van der Waals surface area contributed by atoms with Crippen molar-refractivity contribution in [1.29, 1.82) is 0 Å². The fourth-order valence-electron chi connectivity index (χ4n) is 3.19. The van der Waals surface area contributed by atoms with Crippen LogP contribution in [-0.4, -0.2) is 32.3 Å². The Balaban J connectivity index is 1.47. The number of nitrogens with zero attached hydrogens (tertiary/aromatic N) is 1. The van der Waals surface area contributed by atoms with Gasteiger partial charge in [-0.15, -0.1) is 0 Å². The summed E-state index contributed by atoms with van der Waals surface area (Å²) in [6.07, 6.45) is 0.961. The van der Waals surface area contributed by atoms with E-state index in [0.717, 1.165) is 30.6 Å². The van der Waals surface area contributed by atoms with Gasteiger partial charge in [-0.05, 0) is 29.7 Å². The van der Waals surface area contributed by atoms with E-state index in [1.807, 2.05) is 42.5 Å². The lowest BCUT2D eigenvalue weighted by atomic mass is 10.1. The summed E-state index contributed by atoms with van der Waals surface area (Å²) >= 11 is 0. The van der Waals surface area contributed by atoms with Gasteiger partial charge in [0.1, 0.15) is 0 Å². The van der Waals surface area contributed by atoms with Crippen molar-refractivity contribution in [3.63, 3.8) is 0 Å². The Morgan fingerprint density at radius 1 is 1.12 bits per heavy atom. The number of anilines is 1. The maximum atomic E-state index is 12.2. The maximum Gasteiger partial charge on any atom is 0.315 e. The van der Waals surface area contributed by atoms with Gasteiger partial charge >= 0.3 is 6.03 Å². The number of carbonyl (C=O) groups excluding carboxylic acids is 1. The second kappa shape index (κ2) is 8.53. The van der Waals surface area contributed by atoms with Gasteiger partial charge in [-0.2, -0.15) is 0 Å². The molecule has 0 unspecified atom stereocenters. The lowest BCUT2D eigenvalue weighted by Gasteiger charge is -2.19. The van der Waals surface area contributed by atoms with Crippen molar-refractivity contribution in [3.05, 3.63) is 65.7 Å². The summed E-state index contributed by atoms with van der Waals surface area (Å²) < 4.78 is 5.20. The molecule has 5 nitrogen and oxygen atoms in total. The topological polar surface area (TPSA) is 53.6 Å². The van der Waals surface area contributed by atoms with E-state index in [-0.39, 0.29) is 12.1 Å². The summed E-state index contributed by atoms with van der Waals surface area (Å²) in [6.45, 7) is 2.86. The van der Waals surface area contributed by atoms with Crippen LogP contribution in [0.3, 0.4) is 0 Å². The van der Waals surface area contributed by atoms with Crippen LogP contribution in [0.4, 0.5) is 10.5 Å². The van der Waals surface area contributed by atoms with Gasteiger partial charge in [-0.25, -0.2) is 4.79 Å². The van der Waals surface area contributed by atoms with E-state index in [1.165, 1.54) is 5.69 Å². The maximum absolute atomic E-state index is 12.2. The molecular formula is C20H25N3O2. The number of nitrogens with one attached hydrogen (secondary N) is 2. The Labute approximate surface area is 149 Å². The van der Waals surface area contributed by atoms with Crippen molar-refractivity contribution in [3.8, 4) is 0 Å². The zero-order valence-corrected chi connectivity index (χ0v) is 14.6. The summed E-state index contributed by atoms with van der Waals surface area (Å²) in [4.78, 5) is 14.5. The van der Waals surface area contributed by atoms with Crippen LogP contribution in [0.1, 0.15) is 17.5 Å². The molecular weight excluding hydrogens is 314 g/mol. The summed E-state index contributed by atoms with van der Waals surface area (Å²) in [5.74, 6) is 0. The Hall–Kier alpha value is -2.53. The molecule has 1 aliphatic rings. The van der Waals surface area contributed by atoms with Gasteiger partial charge in [0.15, 0.2) is 0 Å². The molecule has 1 fully saturated rings. The van der Waals surface area contributed by atoms with E-state index in [1.54, 1.807) is 7.11 Å². The van der Waals surface area contributed by atoms with E-state index in [0.29, 0.717) is 13.2 Å². The molecule has 132 valence electrons. The first-order valence-electron chi connectivity index (χ1n) is 8.66. The Kier molecular flexibility index (Phi) is 5.90. The average molecular weight is 339 g/mol. The van der Waals surface area contributed by atoms with Crippen molar-refractivity contribution in [2.24, 2.45) is 0 Å². The molecule has 2 aromatic rings. The lowest BCUT2D eigenvalue weighted by molar-refractivity contribution is 0.184. The zero-order valence-electron chi connectivity index (χ0n) is 14.6. The van der Waals surface area contributed by atoms with Crippen molar-refractivity contribution >= 4 is 11.7 Å². The molecule has 5 heteroatoms. The second-order valence-corrected chi connectivity index (χ2v) is 6.30. The minimum atomic E-state index is -0.118. The summed E-state index contributed by atoms with van der Waals surface area (Å²) in [7, 11) is 1.68. The predicted molar refractivity (Wildman–Crippen MR) is 99.6 cm³/mol. The molecule has 2 amide bonds. The average Bonchev–Trinajstić information content (AvgIpc) is 3.10. The number of urea groups is 1. The zero-order chi connectivity index (χ0) is 17.5. The highest BCUT2D eigenvalue weighted by Crippen LogP contribution is 2.19. The van der Waals surface area contributed by atoms with Gasteiger partial charge < -0.3 is 20.3 Å². The van der Waals surface area contributed by atoms with E-state index in [2.05, 4.69) is 27.7 Å². The third kappa shape index (κ3) is 4.73. The first-order valence-corrected chi connectivity index (χ1v) is 8.66. The normalized spacial score (nSPS) is 16.7. The highest BCUT2D eigenvalue weighted by Gasteiger charge is 2.23. The van der Waals surface area contributed by atoms with Crippen LogP contribution in [-0.2, 0) is 17.9 Å². The Morgan fingerprint density at radius 2 is 1.84 bits per heavy atom. The Morgan fingerprint density at radius 3 is 2.60 bits per heavy atom. The van der Waals surface area contributed by atoms with Crippen molar-refractivity contribution in [1.82, 2.24) is 10.6 Å². The second-order valence-electron chi connectivity index (χ2n) is 6.30. The molecule has 1 atom stereocenters. The fraction of sp³-hybridized carbons (Fsp3) is 0.350. The molecule has 2 N–H and O–H groups in total. The molecule has 1 aliphatic heterocycles. The molecule has 0 radical (unpaired) electrons. The standard InChI is InChI=1S/C20H25N3O2/c1-25-15-17-8-6-5-7-16(17)13-21-20(24)22-18-11-12-23(14-18)19-9-3-2-4-10-19/h2-10,18H,11-15H2,1H3,(H2,21,22,24)/t18-/m1/s1. The van der Waals surface area contributed by atoms with Gasteiger partial charge in [-0.1, -0.05) is 42.5 Å². The molecule has 3 rings (SSSR count). The quantitative estimate of drug-likeness (QED) is 0.851. The molecule has 25 heavy (non-hydrogen) atoms. The Bertz CT molecular complexity index is 690. The van der Waals surface area contributed by atoms with Crippen molar-refractivity contribution in [2.45, 2.75) is 25.6 Å². The summed E-state index contributed by atoms with van der Waals surface area (Å²) in [5.41, 5.74) is 3.39. The fourth-order valence-corrected chi connectivity index (χ4v) is 3.19. The monoisotopic (exact) mass is 339 g/mol. The van der Waals surface area contributed by atoms with Crippen LogP contribution in [0.5, 0.6) is 0 Å². The van der Waals surface area contributed by atoms with Gasteiger partial charge in [-0.3, -0.25) is 0 Å². The number of hydrogen-bond acceptors (Lipinski definition) is 3. The van der Waals surface area contributed by atoms with Crippen LogP contribution in [0.15, 0.2) is 54.6 Å². The van der Waals surface area contributed by atoms with E-state index in [9.17, 15) is 4.79 Å². The largest absolute Gasteiger partial charge is 0.380 e. The molecule has 0 aromatic heterocycles. The third-order valence-electron chi connectivity index (χ3n) is 4.50. The van der Waals surface area contributed by atoms with E-state index >= 15 is 0 Å². The number of para-hydroxylation sites is 1. The first kappa shape index (κ1) is 17.3. The minimum Gasteiger partial charge on any atom is -0.380 e. The molecule has 1 heterocycles. The van der Waals surface area contributed by atoms with Crippen LogP contribution >= 0.6 is 0 Å². The van der Waals surface area contributed by atoms with Gasteiger partial charge in [0.25, 0.3) is 0 Å². The SMILES string of the molecule is COCc1ccccc1CNC(=O)N[C@@H]1CCN(c2ccccc2)C1. The summed E-state index contributed by atoms with van der Waals surface area (Å²) in [6, 6.07) is 18.4. The number of amides is 2. The molecule has 0 spiro atoms. The summed E-state index contributed by atoms with van der Waals surface area (Å²) in [5, 5.41) is 6.03. The number of carbonyl (C=O) groups is 1. The minimum absolute atomic E-state index is 0.118. The lowest BCUT2D eigenvalue weighted by Crippen LogP contribution is -2.43. The van der Waals surface area contributed by atoms with Crippen LogP contribution in [0.2, 0.25) is 0 Å². The van der Waals surface area contributed by atoms with E-state index < -0.39 is 0 Å². The third-order valence-corrected chi connectivity index (χ3v) is 4.50. The number of ether oxygens (including phenoxy) is 1.